The van der Waals surface area contributed by atoms with Crippen LogP contribution in [0.15, 0.2) is 18.3 Å². The second-order valence-corrected chi connectivity index (χ2v) is 5.21. The monoisotopic (exact) mass is 362 g/mol. The molecule has 0 fully saturated rings. The molecule has 1 N–H and O–H groups in total. The maximum atomic E-state index is 12.3. The third-order valence-corrected chi connectivity index (χ3v) is 3.71. The quantitative estimate of drug-likeness (QED) is 0.471. The first-order chi connectivity index (χ1) is 12.3. The molecule has 2 rings (SSSR count). The second kappa shape index (κ2) is 7.64. The molecule has 0 spiro atoms. The highest BCUT2D eigenvalue weighted by molar-refractivity contribution is 6.05. The first-order valence-corrected chi connectivity index (χ1v) is 7.67. The van der Waals surface area contributed by atoms with Crippen LogP contribution in [0.2, 0.25) is 0 Å². The molecule has 0 saturated heterocycles. The van der Waals surface area contributed by atoms with Gasteiger partial charge in [-0.25, -0.2) is 14.6 Å². The number of nitrogens with zero attached hydrogens (tertiary/aromatic N) is 3. The van der Waals surface area contributed by atoms with E-state index in [1.165, 1.54) is 30.1 Å². The zero-order valence-corrected chi connectivity index (χ0v) is 14.7. The highest BCUT2D eigenvalue weighted by Crippen LogP contribution is 2.27. The van der Waals surface area contributed by atoms with Crippen LogP contribution in [0.4, 0.5) is 11.5 Å². The third-order valence-electron chi connectivity index (χ3n) is 3.71. The van der Waals surface area contributed by atoms with Crippen LogP contribution >= 0.6 is 0 Å². The number of esters is 2. The van der Waals surface area contributed by atoms with Crippen molar-refractivity contribution < 1.29 is 24.0 Å². The van der Waals surface area contributed by atoms with Gasteiger partial charge in [-0.2, -0.15) is 0 Å². The molecule has 2 heterocycles. The SMILES string of the molecule is CCOC(=O)c1c(C(=O)OC)c(C)n(Nc2ncccc2[N+](=O)[O-])c1C. The molecule has 0 amide bonds. The third kappa shape index (κ3) is 3.34. The van der Waals surface area contributed by atoms with Crippen molar-refractivity contribution in [2.24, 2.45) is 0 Å². The molecular formula is C16H18N4O6. The van der Waals surface area contributed by atoms with Gasteiger partial charge < -0.3 is 9.47 Å². The summed E-state index contributed by atoms with van der Waals surface area (Å²) < 4.78 is 11.1. The number of anilines is 1. The maximum Gasteiger partial charge on any atom is 0.340 e. The van der Waals surface area contributed by atoms with E-state index in [1.54, 1.807) is 20.8 Å². The highest BCUT2D eigenvalue weighted by Gasteiger charge is 2.30. The molecule has 0 aromatic carbocycles. The number of nitrogens with one attached hydrogen (secondary N) is 1. The maximum absolute atomic E-state index is 12.3. The molecule has 0 saturated carbocycles. The summed E-state index contributed by atoms with van der Waals surface area (Å²) in [5.74, 6) is -1.44. The Morgan fingerprint density at radius 1 is 1.27 bits per heavy atom. The average molecular weight is 362 g/mol. The topological polar surface area (TPSA) is 126 Å². The molecule has 2 aromatic heterocycles. The van der Waals surface area contributed by atoms with Crippen LogP contribution in [0.5, 0.6) is 0 Å². The number of ether oxygens (including phenoxy) is 2. The van der Waals surface area contributed by atoms with Gasteiger partial charge >= 0.3 is 17.6 Å². The largest absolute Gasteiger partial charge is 0.465 e. The molecule has 0 unspecified atom stereocenters. The van der Waals surface area contributed by atoms with Crippen LogP contribution in [0, 0.1) is 24.0 Å². The van der Waals surface area contributed by atoms with E-state index in [-0.39, 0.29) is 29.2 Å². The van der Waals surface area contributed by atoms with E-state index in [0.29, 0.717) is 11.4 Å². The number of aromatic nitrogens is 2. The van der Waals surface area contributed by atoms with E-state index in [2.05, 4.69) is 10.4 Å². The number of hydrogen-bond acceptors (Lipinski definition) is 8. The van der Waals surface area contributed by atoms with Crippen molar-refractivity contribution in [1.29, 1.82) is 0 Å². The Morgan fingerprint density at radius 3 is 2.42 bits per heavy atom. The van der Waals surface area contributed by atoms with E-state index in [0.717, 1.165) is 0 Å². The molecule has 2 aromatic rings. The van der Waals surface area contributed by atoms with Gasteiger partial charge in [-0.15, -0.1) is 0 Å². The fourth-order valence-electron chi connectivity index (χ4n) is 2.55. The van der Waals surface area contributed by atoms with Crippen molar-refractivity contribution in [1.82, 2.24) is 9.66 Å². The lowest BCUT2D eigenvalue weighted by Crippen LogP contribution is -2.16. The van der Waals surface area contributed by atoms with Gasteiger partial charge in [-0.05, 0) is 26.8 Å². The molecule has 0 aliphatic heterocycles. The van der Waals surface area contributed by atoms with Gasteiger partial charge in [0.1, 0.15) is 0 Å². The zero-order valence-electron chi connectivity index (χ0n) is 14.7. The number of methoxy groups -OCH3 is 1. The number of hydrogen-bond donors (Lipinski definition) is 1. The second-order valence-electron chi connectivity index (χ2n) is 5.21. The summed E-state index contributed by atoms with van der Waals surface area (Å²) in [5.41, 5.74) is 3.24. The number of pyridine rings is 1. The van der Waals surface area contributed by atoms with Gasteiger partial charge in [0, 0.05) is 12.3 Å². The minimum Gasteiger partial charge on any atom is -0.465 e. The van der Waals surface area contributed by atoms with Crippen molar-refractivity contribution in [2.75, 3.05) is 19.1 Å². The molecule has 0 aliphatic carbocycles. The predicted octanol–water partition coefficient (Wildman–Crippen LogP) is 2.25. The Hall–Kier alpha value is -3.43. The van der Waals surface area contributed by atoms with Crippen LogP contribution in [0.1, 0.15) is 39.0 Å². The van der Waals surface area contributed by atoms with Crippen LogP contribution in [-0.2, 0) is 9.47 Å². The molecule has 10 heteroatoms. The van der Waals surface area contributed by atoms with Crippen LogP contribution in [-0.4, -0.2) is 40.2 Å². The Bertz CT molecular complexity index is 874. The Morgan fingerprint density at radius 2 is 1.88 bits per heavy atom. The summed E-state index contributed by atoms with van der Waals surface area (Å²) >= 11 is 0. The molecule has 26 heavy (non-hydrogen) atoms. The number of carbonyl (C=O) groups excluding carboxylic acids is 2. The van der Waals surface area contributed by atoms with Crippen molar-refractivity contribution in [3.05, 3.63) is 51.0 Å². The first kappa shape index (κ1) is 18.9. The normalized spacial score (nSPS) is 10.3. The zero-order chi connectivity index (χ0) is 19.4. The van der Waals surface area contributed by atoms with Crippen LogP contribution in [0.25, 0.3) is 0 Å². The lowest BCUT2D eigenvalue weighted by atomic mass is 10.1. The van der Waals surface area contributed by atoms with E-state index >= 15 is 0 Å². The summed E-state index contributed by atoms with van der Waals surface area (Å²) in [5, 5.41) is 11.2. The van der Waals surface area contributed by atoms with E-state index in [1.807, 2.05) is 0 Å². The standard InChI is InChI=1S/C16H18N4O6/c1-5-26-16(22)13-10(3)19(9(2)12(13)15(21)25-4)18-14-11(20(23)24)7-6-8-17-14/h6-8H,5H2,1-4H3,(H,17,18). The Labute approximate surface area is 148 Å². The van der Waals surface area contributed by atoms with Gasteiger partial charge in [-0.3, -0.25) is 20.2 Å². The smallest absolute Gasteiger partial charge is 0.340 e. The van der Waals surface area contributed by atoms with Crippen molar-refractivity contribution >= 4 is 23.4 Å². The van der Waals surface area contributed by atoms with Gasteiger partial charge in [0.25, 0.3) is 0 Å². The van der Waals surface area contributed by atoms with Gasteiger partial charge in [0.15, 0.2) is 0 Å². The minimum atomic E-state index is -0.718. The van der Waals surface area contributed by atoms with Crippen LogP contribution < -0.4 is 5.43 Å². The number of carbonyl (C=O) groups is 2. The van der Waals surface area contributed by atoms with Crippen molar-refractivity contribution in [3.8, 4) is 0 Å². The van der Waals surface area contributed by atoms with Crippen LogP contribution in [0.3, 0.4) is 0 Å². The lowest BCUT2D eigenvalue weighted by molar-refractivity contribution is -0.384. The fourth-order valence-corrected chi connectivity index (χ4v) is 2.55. The van der Waals surface area contributed by atoms with Gasteiger partial charge in [0.05, 0.1) is 41.2 Å². The lowest BCUT2D eigenvalue weighted by Gasteiger charge is -2.12. The van der Waals surface area contributed by atoms with Crippen molar-refractivity contribution in [2.45, 2.75) is 20.8 Å². The Balaban J connectivity index is 2.62. The van der Waals surface area contributed by atoms with Gasteiger partial charge in [0.2, 0.25) is 5.82 Å². The summed E-state index contributed by atoms with van der Waals surface area (Å²) in [6.07, 6.45) is 1.39. The summed E-state index contributed by atoms with van der Waals surface area (Å²) in [6.45, 7) is 4.92. The number of rotatable bonds is 6. The average Bonchev–Trinajstić information content (AvgIpc) is 2.86. The number of nitro groups is 1. The summed E-state index contributed by atoms with van der Waals surface area (Å²) in [4.78, 5) is 39.0. The van der Waals surface area contributed by atoms with E-state index in [4.69, 9.17) is 9.47 Å². The van der Waals surface area contributed by atoms with Gasteiger partial charge in [-0.1, -0.05) is 0 Å². The molecule has 0 aliphatic rings. The fraction of sp³-hybridized carbons (Fsp3) is 0.312. The predicted molar refractivity (Wildman–Crippen MR) is 91.1 cm³/mol. The Kier molecular flexibility index (Phi) is 5.55. The summed E-state index contributed by atoms with van der Waals surface area (Å²) in [6, 6.07) is 2.72. The molecule has 0 bridgehead atoms. The molecule has 10 nitrogen and oxygen atoms in total. The van der Waals surface area contributed by atoms with Crippen molar-refractivity contribution in [3.63, 3.8) is 0 Å². The highest BCUT2D eigenvalue weighted by atomic mass is 16.6. The summed E-state index contributed by atoms with van der Waals surface area (Å²) in [7, 11) is 1.19. The molecule has 0 radical (unpaired) electrons. The molecule has 138 valence electrons. The minimum absolute atomic E-state index is 0.0227. The molecular weight excluding hydrogens is 344 g/mol. The van der Waals surface area contributed by atoms with E-state index in [9.17, 15) is 19.7 Å². The molecule has 0 atom stereocenters. The van der Waals surface area contributed by atoms with E-state index < -0.39 is 16.9 Å². The first-order valence-electron chi connectivity index (χ1n) is 7.67.